The molecule has 0 N–H and O–H groups in total. The fraction of sp³-hybridized carbons (Fsp3) is 0.164. The Morgan fingerprint density at radius 1 is 0.786 bits per heavy atom. The van der Waals surface area contributed by atoms with E-state index in [1.807, 2.05) is 0 Å². The normalized spacial score (nSPS) is 16.9. The zero-order valence-corrected chi connectivity index (χ0v) is 33.0. The van der Waals surface area contributed by atoms with E-state index in [1.165, 1.54) is 61.6 Å². The lowest BCUT2D eigenvalue weighted by Crippen LogP contribution is -2.30. The van der Waals surface area contributed by atoms with Crippen molar-refractivity contribution in [3.8, 4) is 0 Å². The molecule has 7 rings (SSSR count). The topological polar surface area (TPSA) is 3.24 Å². The third-order valence-corrected chi connectivity index (χ3v) is 11.2. The number of anilines is 2. The molecule has 1 heteroatoms. The first-order valence-electron chi connectivity index (χ1n) is 20.1. The van der Waals surface area contributed by atoms with Crippen molar-refractivity contribution in [2.24, 2.45) is 0 Å². The second-order valence-electron chi connectivity index (χ2n) is 14.8. The van der Waals surface area contributed by atoms with E-state index in [1.54, 1.807) is 0 Å². The van der Waals surface area contributed by atoms with Gasteiger partial charge in [0, 0.05) is 28.9 Å². The van der Waals surface area contributed by atoms with Crippen molar-refractivity contribution in [1.82, 2.24) is 0 Å². The van der Waals surface area contributed by atoms with Gasteiger partial charge < -0.3 is 4.90 Å². The van der Waals surface area contributed by atoms with Crippen molar-refractivity contribution < 1.29 is 0 Å². The summed E-state index contributed by atoms with van der Waals surface area (Å²) in [4.78, 5) is 2.39. The zero-order chi connectivity index (χ0) is 38.7. The maximum Gasteiger partial charge on any atom is 0.0494 e. The van der Waals surface area contributed by atoms with Gasteiger partial charge in [-0.05, 0) is 126 Å². The van der Waals surface area contributed by atoms with Gasteiger partial charge in [0.25, 0.3) is 0 Å². The lowest BCUT2D eigenvalue weighted by Gasteiger charge is -2.38. The maximum atomic E-state index is 4.57. The quantitative estimate of drug-likeness (QED) is 0.0967. The van der Waals surface area contributed by atoms with Crippen LogP contribution < -0.4 is 4.90 Å². The van der Waals surface area contributed by atoms with Gasteiger partial charge in [-0.25, -0.2) is 0 Å². The van der Waals surface area contributed by atoms with Crippen LogP contribution in [-0.2, 0) is 18.3 Å². The fourth-order valence-corrected chi connectivity index (χ4v) is 8.41. The third kappa shape index (κ3) is 8.24. The molecule has 0 saturated heterocycles. The molecular formula is C55H53N. The first-order valence-corrected chi connectivity index (χ1v) is 20.1. The summed E-state index contributed by atoms with van der Waals surface area (Å²) in [6.07, 6.45) is 27.8. The summed E-state index contributed by atoms with van der Waals surface area (Å²) in [7, 11) is 0. The number of fused-ring (bicyclic) bond motifs is 2. The summed E-state index contributed by atoms with van der Waals surface area (Å²) in [5.41, 5.74) is 15.7. The summed E-state index contributed by atoms with van der Waals surface area (Å²) < 4.78 is 0. The van der Waals surface area contributed by atoms with Crippen LogP contribution in [0.4, 0.5) is 11.4 Å². The lowest BCUT2D eigenvalue weighted by molar-refractivity contribution is 0.535. The molecule has 5 aromatic carbocycles. The molecule has 1 aliphatic heterocycles. The second-order valence-corrected chi connectivity index (χ2v) is 14.8. The van der Waals surface area contributed by atoms with Gasteiger partial charge in [-0.15, -0.1) is 0 Å². The van der Waals surface area contributed by atoms with Gasteiger partial charge in [0.1, 0.15) is 0 Å². The molecule has 1 nitrogen and oxygen atoms in total. The van der Waals surface area contributed by atoms with Crippen molar-refractivity contribution >= 4 is 22.5 Å². The second kappa shape index (κ2) is 18.0. The number of nitrogens with zero attached hydrogens (tertiary/aromatic N) is 1. The molecule has 1 aliphatic carbocycles. The van der Waals surface area contributed by atoms with Crippen molar-refractivity contribution in [2.45, 2.75) is 57.8 Å². The minimum absolute atomic E-state index is 0.306. The third-order valence-electron chi connectivity index (χ3n) is 11.2. The number of hydrogen-bond donors (Lipinski definition) is 0. The molecule has 0 unspecified atom stereocenters. The predicted octanol–water partition coefficient (Wildman–Crippen LogP) is 14.6. The molecule has 5 aromatic rings. The average Bonchev–Trinajstić information content (AvgIpc) is 3.63. The van der Waals surface area contributed by atoms with Crippen molar-refractivity contribution in [1.29, 1.82) is 0 Å². The van der Waals surface area contributed by atoms with E-state index in [9.17, 15) is 0 Å². The molecular weight excluding hydrogens is 675 g/mol. The largest absolute Gasteiger partial charge is 0.314 e. The molecule has 0 radical (unpaired) electrons. The van der Waals surface area contributed by atoms with Crippen LogP contribution in [0.25, 0.3) is 11.1 Å². The molecule has 278 valence electrons. The van der Waals surface area contributed by atoms with Crippen LogP contribution in [0.3, 0.4) is 0 Å². The Kier molecular flexibility index (Phi) is 12.2. The molecule has 0 atom stereocenters. The molecule has 0 fully saturated rings. The molecule has 0 aromatic heterocycles. The lowest BCUT2D eigenvalue weighted by atomic mass is 9.64. The number of benzene rings is 5. The predicted molar refractivity (Wildman–Crippen MR) is 242 cm³/mol. The molecule has 0 bridgehead atoms. The van der Waals surface area contributed by atoms with Gasteiger partial charge in [0.2, 0.25) is 0 Å². The Morgan fingerprint density at radius 3 is 2.20 bits per heavy atom. The van der Waals surface area contributed by atoms with E-state index >= 15 is 0 Å². The van der Waals surface area contributed by atoms with Crippen LogP contribution >= 0.6 is 0 Å². The minimum Gasteiger partial charge on any atom is -0.314 e. The standard InChI is InChI=1S/C55H53N/c1-5-7-8-9-19-30-51-41-47-40-46(34-36-54(47)56(51)50-28-20-12-21-29-50)45(6-2)33-31-42(3)38-44-32-35-52-43(4)23-14-13-22-37-55(53(52)39-44,48-24-15-10-16-25-48)49-26-17-11-18-27-49/h5-7,9-12,14-21,23-36,39-40H,3-4,8,13,22,37-38,41H2,1-2H3/b7-5-,19-9-,23-14-,33-31-,45-6+,51-30+. The highest BCUT2D eigenvalue weighted by Crippen LogP contribution is 2.47. The number of rotatable bonds is 11. The molecule has 2 aliphatic rings. The zero-order valence-electron chi connectivity index (χ0n) is 33.0. The first-order chi connectivity index (χ1) is 27.5. The first kappa shape index (κ1) is 38.1. The van der Waals surface area contributed by atoms with Crippen LogP contribution in [0.2, 0.25) is 0 Å². The Hall–Kier alpha value is -6.18. The van der Waals surface area contributed by atoms with Crippen LogP contribution in [-0.4, -0.2) is 0 Å². The Labute approximate surface area is 335 Å². The van der Waals surface area contributed by atoms with E-state index < -0.39 is 0 Å². The van der Waals surface area contributed by atoms with Crippen LogP contribution in [0.5, 0.6) is 0 Å². The SMILES string of the molecule is C=C(/C=C\C(=C/C)c1ccc2c(c1)C/C(=C\C=C/C/C=C\C)N2c1ccccc1)Cc1ccc2c(c1)C(c1ccccc1)(c1ccccc1)CCC/C=C\C2=C. The van der Waals surface area contributed by atoms with Crippen LogP contribution in [0.1, 0.15) is 78.5 Å². The summed E-state index contributed by atoms with van der Waals surface area (Å²) in [6.45, 7) is 13.3. The maximum absolute atomic E-state index is 4.57. The molecule has 0 amide bonds. The number of hydrogen-bond acceptors (Lipinski definition) is 1. The Morgan fingerprint density at radius 2 is 1.50 bits per heavy atom. The minimum atomic E-state index is -0.306. The van der Waals surface area contributed by atoms with E-state index in [-0.39, 0.29) is 5.41 Å². The van der Waals surface area contributed by atoms with Crippen LogP contribution in [0.15, 0.2) is 213 Å². The molecule has 0 saturated carbocycles. The van der Waals surface area contributed by atoms with E-state index in [0.29, 0.717) is 0 Å². The van der Waals surface area contributed by atoms with Gasteiger partial charge in [0.05, 0.1) is 0 Å². The summed E-state index contributed by atoms with van der Waals surface area (Å²) in [5, 5.41) is 0. The van der Waals surface area contributed by atoms with E-state index in [0.717, 1.165) is 49.7 Å². The van der Waals surface area contributed by atoms with Crippen molar-refractivity contribution in [3.63, 3.8) is 0 Å². The van der Waals surface area contributed by atoms with Gasteiger partial charge in [-0.1, -0.05) is 177 Å². The average molecular weight is 728 g/mol. The van der Waals surface area contributed by atoms with Gasteiger partial charge in [-0.3, -0.25) is 0 Å². The van der Waals surface area contributed by atoms with Gasteiger partial charge >= 0.3 is 0 Å². The monoisotopic (exact) mass is 727 g/mol. The summed E-state index contributed by atoms with van der Waals surface area (Å²) in [6, 6.07) is 46.7. The number of allylic oxidation sites excluding steroid dienone is 14. The fourth-order valence-electron chi connectivity index (χ4n) is 8.41. The van der Waals surface area contributed by atoms with Crippen molar-refractivity contribution in [2.75, 3.05) is 4.90 Å². The summed E-state index contributed by atoms with van der Waals surface area (Å²) in [5.74, 6) is 0. The van der Waals surface area contributed by atoms with E-state index in [4.69, 9.17) is 0 Å². The molecule has 56 heavy (non-hydrogen) atoms. The smallest absolute Gasteiger partial charge is 0.0494 e. The summed E-state index contributed by atoms with van der Waals surface area (Å²) >= 11 is 0. The Balaban J connectivity index is 1.17. The highest BCUT2D eigenvalue weighted by atomic mass is 15.2. The molecule has 1 heterocycles. The van der Waals surface area contributed by atoms with Gasteiger partial charge in [0.15, 0.2) is 0 Å². The highest BCUT2D eigenvalue weighted by molar-refractivity contribution is 5.82. The van der Waals surface area contributed by atoms with Crippen LogP contribution in [0, 0.1) is 0 Å². The number of para-hydroxylation sites is 1. The highest BCUT2D eigenvalue weighted by Gasteiger charge is 2.38. The Bertz CT molecular complexity index is 2310. The van der Waals surface area contributed by atoms with E-state index in [2.05, 4.69) is 220 Å². The molecule has 0 spiro atoms. The van der Waals surface area contributed by atoms with Gasteiger partial charge in [-0.2, -0.15) is 0 Å². The van der Waals surface area contributed by atoms with Crippen molar-refractivity contribution in [3.05, 3.63) is 252 Å².